The summed E-state index contributed by atoms with van der Waals surface area (Å²) in [7, 11) is -4.64. The van der Waals surface area contributed by atoms with Crippen LogP contribution in [0.2, 0.25) is 0 Å². The van der Waals surface area contributed by atoms with Crippen LogP contribution in [-0.2, 0) is 14.1 Å². The van der Waals surface area contributed by atoms with Crippen molar-refractivity contribution in [3.63, 3.8) is 0 Å². The third-order valence-corrected chi connectivity index (χ3v) is 0.594. The van der Waals surface area contributed by atoms with Gasteiger partial charge in [0.25, 0.3) is 0 Å². The van der Waals surface area contributed by atoms with Gasteiger partial charge in [0.05, 0.1) is 6.26 Å². The Kier molecular flexibility index (Phi) is 9.27. The standard InChI is InChI=1S/C6H8O3.H3O4P/c1-2-6(8)9-5-3-4-7;1-5(2,3)4/h2-4,7H,1,5H2;(H3,1,2,3,4). The van der Waals surface area contributed by atoms with Gasteiger partial charge in [0.1, 0.15) is 6.61 Å². The summed E-state index contributed by atoms with van der Waals surface area (Å²) < 4.78 is 13.3. The van der Waals surface area contributed by atoms with E-state index in [0.29, 0.717) is 0 Å². The SMILES string of the molecule is C=CC(=O)OCC=CO.O=P(O)(O)O. The molecule has 0 saturated carbocycles. The van der Waals surface area contributed by atoms with E-state index in [0.717, 1.165) is 12.3 Å². The Morgan fingerprint density at radius 1 is 1.43 bits per heavy atom. The molecule has 0 rings (SSSR count). The zero-order valence-corrected chi connectivity index (χ0v) is 8.00. The number of aliphatic hydroxyl groups excluding tert-OH is 1. The first-order valence-corrected chi connectivity index (χ1v) is 4.74. The predicted octanol–water partition coefficient (Wildman–Crippen LogP) is -0.141. The monoisotopic (exact) mass is 226 g/mol. The highest BCUT2D eigenvalue weighted by molar-refractivity contribution is 7.45. The van der Waals surface area contributed by atoms with Crippen LogP contribution in [0.4, 0.5) is 0 Å². The van der Waals surface area contributed by atoms with E-state index in [1.807, 2.05) is 0 Å². The summed E-state index contributed by atoms with van der Waals surface area (Å²) in [6.07, 6.45) is 3.18. The number of carbonyl (C=O) groups excluding carboxylic acids is 1. The summed E-state index contributed by atoms with van der Waals surface area (Å²) in [5, 5.41) is 8.05. The molecule has 7 nitrogen and oxygen atoms in total. The fourth-order valence-corrected chi connectivity index (χ4v) is 0.232. The van der Waals surface area contributed by atoms with Gasteiger partial charge in [-0.2, -0.15) is 0 Å². The normalized spacial score (nSPS) is 10.2. The van der Waals surface area contributed by atoms with E-state index in [1.54, 1.807) is 0 Å². The molecule has 82 valence electrons. The van der Waals surface area contributed by atoms with Gasteiger partial charge in [-0.05, 0) is 6.08 Å². The van der Waals surface area contributed by atoms with Crippen LogP contribution in [0.1, 0.15) is 0 Å². The summed E-state index contributed by atoms with van der Waals surface area (Å²) >= 11 is 0. The number of esters is 1. The molecule has 0 spiro atoms. The lowest BCUT2D eigenvalue weighted by Crippen LogP contribution is -1.98. The molecule has 14 heavy (non-hydrogen) atoms. The smallest absolute Gasteiger partial charge is 0.466 e. The van der Waals surface area contributed by atoms with Gasteiger partial charge in [-0.1, -0.05) is 6.58 Å². The van der Waals surface area contributed by atoms with Crippen molar-refractivity contribution < 1.29 is 33.9 Å². The second kappa shape index (κ2) is 8.46. The molecule has 0 saturated heterocycles. The Labute approximate surface area is 80.2 Å². The van der Waals surface area contributed by atoms with Crippen LogP contribution >= 0.6 is 7.82 Å². The van der Waals surface area contributed by atoms with Gasteiger partial charge in [0.15, 0.2) is 0 Å². The maximum atomic E-state index is 10.2. The highest BCUT2D eigenvalue weighted by Crippen LogP contribution is 2.25. The molecule has 0 heterocycles. The number of phosphoric acid groups is 1. The first kappa shape index (κ1) is 15.3. The van der Waals surface area contributed by atoms with E-state index >= 15 is 0 Å². The van der Waals surface area contributed by atoms with Gasteiger partial charge in [0, 0.05) is 6.08 Å². The Bertz CT molecular complexity index is 232. The summed E-state index contributed by atoms with van der Waals surface area (Å²) in [5.41, 5.74) is 0. The molecular weight excluding hydrogens is 215 g/mol. The molecule has 4 N–H and O–H groups in total. The fraction of sp³-hybridized carbons (Fsp3) is 0.167. The van der Waals surface area contributed by atoms with E-state index in [4.69, 9.17) is 24.4 Å². The van der Waals surface area contributed by atoms with Gasteiger partial charge < -0.3 is 24.5 Å². The highest BCUT2D eigenvalue weighted by atomic mass is 31.2. The van der Waals surface area contributed by atoms with Crippen molar-refractivity contribution in [3.05, 3.63) is 25.0 Å². The van der Waals surface area contributed by atoms with Crippen LogP contribution in [-0.4, -0.2) is 32.4 Å². The van der Waals surface area contributed by atoms with Gasteiger partial charge in [-0.15, -0.1) is 0 Å². The van der Waals surface area contributed by atoms with Gasteiger partial charge in [0.2, 0.25) is 0 Å². The number of carbonyl (C=O) groups is 1. The molecule has 0 aliphatic rings. The number of rotatable bonds is 3. The van der Waals surface area contributed by atoms with Crippen LogP contribution in [0.25, 0.3) is 0 Å². The lowest BCUT2D eigenvalue weighted by atomic mass is 10.6. The maximum absolute atomic E-state index is 10.2. The minimum atomic E-state index is -4.64. The largest absolute Gasteiger partial charge is 0.516 e. The molecule has 0 fully saturated rings. The van der Waals surface area contributed by atoms with Crippen LogP contribution in [0.15, 0.2) is 25.0 Å². The van der Waals surface area contributed by atoms with Crippen molar-refractivity contribution in [1.82, 2.24) is 0 Å². The molecule has 0 bridgehead atoms. The molecule has 0 aromatic heterocycles. The van der Waals surface area contributed by atoms with Gasteiger partial charge >= 0.3 is 13.8 Å². The number of hydrogen-bond acceptors (Lipinski definition) is 4. The van der Waals surface area contributed by atoms with Gasteiger partial charge in [-0.3, -0.25) is 0 Å². The molecule has 8 heteroatoms. The number of ether oxygens (including phenoxy) is 1. The van der Waals surface area contributed by atoms with E-state index < -0.39 is 13.8 Å². The lowest BCUT2D eigenvalue weighted by Gasteiger charge is -1.92. The molecule has 0 aromatic rings. The Morgan fingerprint density at radius 2 is 1.86 bits per heavy atom. The molecule has 0 unspecified atom stereocenters. The summed E-state index contributed by atoms with van der Waals surface area (Å²) in [6, 6.07) is 0. The van der Waals surface area contributed by atoms with Crippen molar-refractivity contribution in [2.75, 3.05) is 6.61 Å². The zero-order chi connectivity index (χ0) is 11.6. The molecule has 0 aromatic carbocycles. The van der Waals surface area contributed by atoms with Crippen LogP contribution < -0.4 is 0 Å². The van der Waals surface area contributed by atoms with Gasteiger partial charge in [-0.25, -0.2) is 9.36 Å². The van der Waals surface area contributed by atoms with Crippen LogP contribution in [0, 0.1) is 0 Å². The first-order chi connectivity index (χ1) is 6.31. The van der Waals surface area contributed by atoms with Crippen molar-refractivity contribution in [1.29, 1.82) is 0 Å². The Morgan fingerprint density at radius 3 is 2.14 bits per heavy atom. The van der Waals surface area contributed by atoms with Crippen molar-refractivity contribution in [2.24, 2.45) is 0 Å². The Balaban J connectivity index is 0. The lowest BCUT2D eigenvalue weighted by molar-refractivity contribution is -0.136. The number of hydrogen-bond donors (Lipinski definition) is 4. The van der Waals surface area contributed by atoms with Crippen molar-refractivity contribution >= 4 is 13.8 Å². The van der Waals surface area contributed by atoms with Crippen LogP contribution in [0.3, 0.4) is 0 Å². The third-order valence-electron chi connectivity index (χ3n) is 0.594. The van der Waals surface area contributed by atoms with Crippen molar-refractivity contribution in [2.45, 2.75) is 0 Å². The number of aliphatic hydroxyl groups is 1. The molecule has 0 aliphatic heterocycles. The molecular formula is C6H11O7P. The van der Waals surface area contributed by atoms with E-state index in [-0.39, 0.29) is 6.61 Å². The quantitative estimate of drug-likeness (QED) is 0.228. The predicted molar refractivity (Wildman–Crippen MR) is 47.2 cm³/mol. The van der Waals surface area contributed by atoms with E-state index in [1.165, 1.54) is 6.08 Å². The topological polar surface area (TPSA) is 124 Å². The third kappa shape index (κ3) is 30.7. The summed E-state index contributed by atoms with van der Waals surface area (Å²) in [5.74, 6) is -0.492. The molecule has 0 aliphatic carbocycles. The van der Waals surface area contributed by atoms with Crippen molar-refractivity contribution in [3.8, 4) is 0 Å². The second-order valence-electron chi connectivity index (χ2n) is 1.73. The minimum absolute atomic E-state index is 0.0847. The molecule has 0 amide bonds. The summed E-state index contributed by atoms with van der Waals surface area (Å²) in [4.78, 5) is 31.8. The second-order valence-corrected chi connectivity index (χ2v) is 2.76. The highest BCUT2D eigenvalue weighted by Gasteiger charge is 2.00. The maximum Gasteiger partial charge on any atom is 0.466 e. The van der Waals surface area contributed by atoms with Crippen LogP contribution in [0.5, 0.6) is 0 Å². The zero-order valence-electron chi connectivity index (χ0n) is 7.11. The average Bonchev–Trinajstić information content (AvgIpc) is 2.01. The molecule has 0 atom stereocenters. The average molecular weight is 226 g/mol. The fourth-order valence-electron chi connectivity index (χ4n) is 0.232. The summed E-state index contributed by atoms with van der Waals surface area (Å²) in [6.45, 7) is 3.26. The van der Waals surface area contributed by atoms with E-state index in [2.05, 4.69) is 11.3 Å². The first-order valence-electron chi connectivity index (χ1n) is 3.18. The van der Waals surface area contributed by atoms with E-state index in [9.17, 15) is 4.79 Å². The molecule has 0 radical (unpaired) electrons. The Hall–Kier alpha value is -1.14. The minimum Gasteiger partial charge on any atom is -0.516 e.